The van der Waals surface area contributed by atoms with E-state index in [-0.39, 0.29) is 28.7 Å². The zero-order valence-electron chi connectivity index (χ0n) is 16.9. The molecule has 0 aromatic heterocycles. The Balaban J connectivity index is 0.000000546. The molecule has 158 valence electrons. The van der Waals surface area contributed by atoms with Gasteiger partial charge in [-0.25, -0.2) is 31.3 Å². The van der Waals surface area contributed by atoms with Gasteiger partial charge in [0.05, 0.1) is 12.6 Å². The smallest absolute Gasteiger partial charge is 0.235 e. The van der Waals surface area contributed by atoms with Gasteiger partial charge in [-0.2, -0.15) is 0 Å². The highest BCUT2D eigenvalue weighted by atomic mass is 16.2. The molecule has 0 aromatic carbocycles. The quantitative estimate of drug-likeness (QED) is 0.118. The molecule has 0 bridgehead atoms. The molecule has 1 fully saturated rings. The van der Waals surface area contributed by atoms with Crippen LogP contribution < -0.4 is 22.5 Å². The first-order chi connectivity index (χ1) is 13.1. The Hall–Kier alpha value is -2.38. The van der Waals surface area contributed by atoms with E-state index in [1.54, 1.807) is 12.2 Å². The normalized spacial score (nSPS) is 22.4. The molecule has 0 aromatic rings. The third-order valence-corrected chi connectivity index (χ3v) is 4.56. The van der Waals surface area contributed by atoms with Gasteiger partial charge in [-0.3, -0.25) is 20.4 Å². The summed E-state index contributed by atoms with van der Waals surface area (Å²) in [7, 11) is 0. The molecule has 0 aliphatic heterocycles. The Morgan fingerprint density at radius 3 is 1.96 bits per heavy atom. The fourth-order valence-electron chi connectivity index (χ4n) is 3.80. The highest BCUT2D eigenvalue weighted by Gasteiger charge is 2.41. The third-order valence-electron chi connectivity index (χ3n) is 4.56. The van der Waals surface area contributed by atoms with Crippen LogP contribution in [0.15, 0.2) is 9.98 Å². The minimum atomic E-state index is -0.219. The number of hydrogen-bond donors (Lipinski definition) is 4. The van der Waals surface area contributed by atoms with E-state index in [0.29, 0.717) is 32.2 Å². The second kappa shape index (κ2) is 12.9. The Morgan fingerprint density at radius 2 is 1.54 bits per heavy atom. The molecule has 2 amide bonds. The molecule has 0 spiro atoms. The second-order valence-electron chi connectivity index (χ2n) is 8.18. The van der Waals surface area contributed by atoms with Gasteiger partial charge in [-0.15, -0.1) is 0 Å². The Morgan fingerprint density at radius 1 is 1.00 bits per heavy atom. The lowest BCUT2D eigenvalue weighted by atomic mass is 9.63. The molecule has 6 N–H and O–H groups in total. The molecule has 10 heteroatoms. The lowest BCUT2D eigenvalue weighted by molar-refractivity contribution is -0.123. The van der Waals surface area contributed by atoms with Crippen LogP contribution in [0.4, 0.5) is 0 Å². The van der Waals surface area contributed by atoms with Crippen molar-refractivity contribution < 1.29 is 19.2 Å². The number of nitrogens with zero attached hydrogens (tertiary/aromatic N) is 2. The molecular formula is C18H32N6O4. The van der Waals surface area contributed by atoms with Crippen molar-refractivity contribution in [3.63, 3.8) is 0 Å². The summed E-state index contributed by atoms with van der Waals surface area (Å²) in [4.78, 5) is 49.2. The molecule has 10 nitrogen and oxygen atoms in total. The van der Waals surface area contributed by atoms with Gasteiger partial charge in [0.25, 0.3) is 0 Å². The van der Waals surface area contributed by atoms with Gasteiger partial charge in [0.1, 0.15) is 0 Å². The van der Waals surface area contributed by atoms with Crippen molar-refractivity contribution in [3.8, 4) is 0 Å². The van der Waals surface area contributed by atoms with Crippen LogP contribution in [0.1, 0.15) is 65.7 Å². The maximum absolute atomic E-state index is 10.6. The monoisotopic (exact) mass is 396 g/mol. The van der Waals surface area contributed by atoms with Gasteiger partial charge in [0.2, 0.25) is 24.0 Å². The van der Waals surface area contributed by atoms with Crippen molar-refractivity contribution in [1.82, 2.24) is 10.9 Å². The number of isocyanates is 2. The molecule has 1 saturated carbocycles. The predicted octanol–water partition coefficient (Wildman–Crippen LogP) is 0.770. The lowest BCUT2D eigenvalue weighted by Crippen LogP contribution is -2.39. The van der Waals surface area contributed by atoms with Crippen molar-refractivity contribution in [2.75, 3.05) is 6.54 Å². The molecule has 1 aliphatic carbocycles. The van der Waals surface area contributed by atoms with E-state index in [0.717, 1.165) is 19.3 Å². The van der Waals surface area contributed by atoms with Gasteiger partial charge < -0.3 is 0 Å². The molecule has 0 saturated heterocycles. The van der Waals surface area contributed by atoms with E-state index in [1.807, 2.05) is 10.9 Å². The number of unbranched alkanes of at least 4 members (excludes halogenated alkanes) is 1. The zero-order valence-corrected chi connectivity index (χ0v) is 16.9. The molecule has 1 aliphatic rings. The molecule has 2 atom stereocenters. The van der Waals surface area contributed by atoms with Crippen LogP contribution in [-0.2, 0) is 19.2 Å². The van der Waals surface area contributed by atoms with Crippen LogP contribution in [-0.4, -0.2) is 36.6 Å². The van der Waals surface area contributed by atoms with Crippen LogP contribution in [0.2, 0.25) is 0 Å². The first kappa shape index (κ1) is 25.6. The number of nitrogens with two attached hydrogens (primary N) is 2. The highest BCUT2D eigenvalue weighted by Crippen LogP contribution is 2.47. The van der Waals surface area contributed by atoms with Crippen LogP contribution in [0.25, 0.3) is 0 Å². The first-order valence-corrected chi connectivity index (χ1v) is 9.21. The standard InChI is InChI=1S/C12H18N2O2.C6H14N4O2/c1-11(2)4-10(14-9-16)5-12(3,6-11)7-13-8-15;7-9-5(11)3-1-2-4-6(12)10-8/h10H,4-7H2,1-3H3;1-4,7-8H2,(H,9,11)(H,10,12). The summed E-state index contributed by atoms with van der Waals surface area (Å²) in [6.07, 6.45) is 7.83. The summed E-state index contributed by atoms with van der Waals surface area (Å²) in [6.45, 7) is 6.86. The van der Waals surface area contributed by atoms with E-state index < -0.39 is 0 Å². The average Bonchev–Trinajstić information content (AvgIpc) is 2.62. The molecule has 2 unspecified atom stereocenters. The first-order valence-electron chi connectivity index (χ1n) is 9.21. The number of hydrogen-bond acceptors (Lipinski definition) is 8. The molecular weight excluding hydrogens is 364 g/mol. The van der Waals surface area contributed by atoms with E-state index in [2.05, 4.69) is 30.8 Å². The largest absolute Gasteiger partial charge is 0.294 e. The minimum Gasteiger partial charge on any atom is -0.294 e. The van der Waals surface area contributed by atoms with E-state index in [9.17, 15) is 19.2 Å². The maximum Gasteiger partial charge on any atom is 0.235 e. The fraction of sp³-hybridized carbons (Fsp3) is 0.778. The molecule has 0 radical (unpaired) electrons. The number of carbonyl (C=O) groups is 2. The van der Waals surface area contributed by atoms with Crippen molar-refractivity contribution in [2.24, 2.45) is 32.5 Å². The zero-order chi connectivity index (χ0) is 21.6. The van der Waals surface area contributed by atoms with Crippen molar-refractivity contribution >= 4 is 24.0 Å². The number of carbonyl (C=O) groups excluding carboxylic acids is 4. The summed E-state index contributed by atoms with van der Waals surface area (Å²) >= 11 is 0. The fourth-order valence-corrected chi connectivity index (χ4v) is 3.80. The van der Waals surface area contributed by atoms with Gasteiger partial charge in [0, 0.05) is 12.8 Å². The van der Waals surface area contributed by atoms with Crippen LogP contribution >= 0.6 is 0 Å². The van der Waals surface area contributed by atoms with Crippen LogP contribution in [0.3, 0.4) is 0 Å². The van der Waals surface area contributed by atoms with Gasteiger partial charge in [-0.1, -0.05) is 20.8 Å². The average molecular weight is 396 g/mol. The van der Waals surface area contributed by atoms with Crippen LogP contribution in [0, 0.1) is 10.8 Å². The molecule has 1 rings (SSSR count). The maximum atomic E-state index is 10.6. The molecule has 28 heavy (non-hydrogen) atoms. The summed E-state index contributed by atoms with van der Waals surface area (Å²) in [5.74, 6) is 9.24. The number of rotatable bonds is 8. The van der Waals surface area contributed by atoms with Crippen molar-refractivity contribution in [2.45, 2.75) is 71.8 Å². The van der Waals surface area contributed by atoms with E-state index in [1.165, 1.54) is 0 Å². The predicted molar refractivity (Wildman–Crippen MR) is 104 cm³/mol. The Kier molecular flexibility index (Phi) is 11.8. The van der Waals surface area contributed by atoms with Gasteiger partial charge in [0.15, 0.2) is 0 Å². The second-order valence-corrected chi connectivity index (χ2v) is 8.18. The minimum absolute atomic E-state index is 0.00750. The number of aliphatic imine (C=N–C) groups is 2. The SMILES string of the molecule is CC1(C)CC(N=C=O)CC(C)(CN=C=O)C1.NNC(=O)CCCCC(=O)NN. The van der Waals surface area contributed by atoms with Crippen LogP contribution in [0.5, 0.6) is 0 Å². The summed E-state index contributed by atoms with van der Waals surface area (Å²) in [5.41, 5.74) is 4.06. The summed E-state index contributed by atoms with van der Waals surface area (Å²) in [5, 5.41) is 0. The summed E-state index contributed by atoms with van der Waals surface area (Å²) < 4.78 is 0. The third kappa shape index (κ3) is 11.4. The van der Waals surface area contributed by atoms with Gasteiger partial charge in [-0.05, 0) is 42.9 Å². The lowest BCUT2D eigenvalue weighted by Gasteiger charge is -2.44. The van der Waals surface area contributed by atoms with E-state index >= 15 is 0 Å². The number of hydrazine groups is 2. The Bertz CT molecular complexity index is 593. The van der Waals surface area contributed by atoms with Crippen molar-refractivity contribution in [3.05, 3.63) is 0 Å². The molecule has 0 heterocycles. The topological polar surface area (TPSA) is 169 Å². The number of amides is 2. The summed E-state index contributed by atoms with van der Waals surface area (Å²) in [6, 6.07) is 0.00750. The van der Waals surface area contributed by atoms with Gasteiger partial charge >= 0.3 is 0 Å². The highest BCUT2D eigenvalue weighted by molar-refractivity contribution is 5.76. The van der Waals surface area contributed by atoms with E-state index in [4.69, 9.17) is 11.7 Å². The Labute approximate surface area is 165 Å². The van der Waals surface area contributed by atoms with Crippen molar-refractivity contribution in [1.29, 1.82) is 0 Å². The number of nitrogens with one attached hydrogen (secondary N) is 2.